The van der Waals surface area contributed by atoms with E-state index in [0.717, 1.165) is 43.3 Å². The number of hydrogen-bond acceptors (Lipinski definition) is 10. The van der Waals surface area contributed by atoms with Crippen LogP contribution in [0.2, 0.25) is 5.02 Å². The Hall–Kier alpha value is -1.76. The summed E-state index contributed by atoms with van der Waals surface area (Å²) in [6.45, 7) is 6.74. The Morgan fingerprint density at radius 3 is 2.49 bits per heavy atom. The van der Waals surface area contributed by atoms with Crippen LogP contribution in [0.4, 0.5) is 10.5 Å². The molecule has 13 nitrogen and oxygen atoms in total. The molecular formula is C25H41ClN4O9P2. The molecule has 16 heteroatoms. The molecule has 1 amide bonds. The summed E-state index contributed by atoms with van der Waals surface area (Å²) in [5.41, 5.74) is -0.115. The third-order valence-corrected chi connectivity index (χ3v) is 9.37. The number of aldehydes is 1. The molecule has 2 atom stereocenters. The van der Waals surface area contributed by atoms with Gasteiger partial charge in [-0.3, -0.25) is 19.8 Å². The first-order valence-electron chi connectivity index (χ1n) is 13.1. The lowest BCUT2D eigenvalue weighted by Crippen LogP contribution is -2.40. The summed E-state index contributed by atoms with van der Waals surface area (Å²) < 4.78 is 15.8. The van der Waals surface area contributed by atoms with Crippen LogP contribution in [0.15, 0.2) is 30.5 Å². The number of likely N-dealkylation sites (N-methyl/N-ethyl adjacent to an activating group) is 1. The number of rotatable bonds is 16. The molecular weight excluding hydrogens is 598 g/mol. The van der Waals surface area contributed by atoms with Crippen LogP contribution in [0.1, 0.15) is 39.5 Å². The van der Waals surface area contributed by atoms with Gasteiger partial charge in [0.05, 0.1) is 24.4 Å². The van der Waals surface area contributed by atoms with Gasteiger partial charge in [0.1, 0.15) is 6.29 Å². The van der Waals surface area contributed by atoms with Gasteiger partial charge < -0.3 is 39.1 Å². The van der Waals surface area contributed by atoms with Crippen LogP contribution in [0.25, 0.3) is 10.9 Å². The number of carbonyl (C=O) groups is 2. The normalized spacial score (nSPS) is 13.0. The first-order chi connectivity index (χ1) is 19.4. The quantitative estimate of drug-likeness (QED) is 0.0894. The van der Waals surface area contributed by atoms with E-state index in [4.69, 9.17) is 35.9 Å². The van der Waals surface area contributed by atoms with Crippen molar-refractivity contribution < 1.29 is 43.6 Å². The maximum atomic E-state index is 13.0. The van der Waals surface area contributed by atoms with E-state index in [1.54, 1.807) is 23.2 Å². The van der Waals surface area contributed by atoms with Crippen molar-refractivity contribution in [2.45, 2.75) is 51.1 Å². The number of aliphatic hydroxyl groups excluding tert-OH is 1. The van der Waals surface area contributed by atoms with Crippen molar-refractivity contribution in [3.05, 3.63) is 35.5 Å². The van der Waals surface area contributed by atoms with Crippen LogP contribution in [0.3, 0.4) is 0 Å². The second-order valence-corrected chi connectivity index (χ2v) is 12.7. The van der Waals surface area contributed by atoms with Gasteiger partial charge in [-0.1, -0.05) is 18.5 Å². The lowest BCUT2D eigenvalue weighted by atomic mass is 10.1. The highest BCUT2D eigenvalue weighted by Crippen LogP contribution is 2.52. The van der Waals surface area contributed by atoms with Crippen LogP contribution >= 0.6 is 27.6 Å². The first kappa shape index (κ1) is 37.3. The molecule has 232 valence electrons. The van der Waals surface area contributed by atoms with Gasteiger partial charge in [0.25, 0.3) is 0 Å². The number of aromatic nitrogens is 1. The molecule has 0 spiro atoms. The molecule has 0 saturated heterocycles. The van der Waals surface area contributed by atoms with E-state index in [1.807, 2.05) is 19.1 Å². The fraction of sp³-hybridized carbons (Fsp3) is 0.560. The Labute approximate surface area is 246 Å². The van der Waals surface area contributed by atoms with Crippen molar-refractivity contribution in [2.24, 2.45) is 0 Å². The summed E-state index contributed by atoms with van der Waals surface area (Å²) in [7, 11) is -5.80. The number of pyridine rings is 1. The average molecular weight is 639 g/mol. The van der Waals surface area contributed by atoms with E-state index in [9.17, 15) is 19.3 Å². The minimum Gasteiger partial charge on any atom is -0.449 e. The van der Waals surface area contributed by atoms with Gasteiger partial charge in [-0.05, 0) is 70.6 Å². The number of nitrogens with zero attached hydrogens (tertiary/aromatic N) is 3. The van der Waals surface area contributed by atoms with Crippen LogP contribution in [0.5, 0.6) is 0 Å². The van der Waals surface area contributed by atoms with Crippen molar-refractivity contribution in [3.8, 4) is 0 Å². The molecule has 0 fully saturated rings. The number of unbranched alkanes of at least 4 members (excludes halogenated alkanes) is 1. The number of benzene rings is 1. The number of hydrogen-bond donors (Lipinski definition) is 6. The lowest BCUT2D eigenvalue weighted by molar-refractivity contribution is -0.108. The Morgan fingerprint density at radius 2 is 1.95 bits per heavy atom. The van der Waals surface area contributed by atoms with Gasteiger partial charge in [-0.25, -0.2) is 4.79 Å². The molecule has 0 aliphatic heterocycles. The number of halogens is 1. The minimum absolute atomic E-state index is 0.118. The Balaban J connectivity index is 0.000000716. The summed E-state index contributed by atoms with van der Waals surface area (Å²) in [5, 5.41) is 12.7. The van der Waals surface area contributed by atoms with E-state index in [1.165, 1.54) is 7.05 Å². The number of ether oxygens (including phenoxy) is 1. The highest BCUT2D eigenvalue weighted by atomic mass is 35.5. The Kier molecular flexibility index (Phi) is 17.7. The van der Waals surface area contributed by atoms with Crippen molar-refractivity contribution in [2.75, 3.05) is 44.8 Å². The van der Waals surface area contributed by atoms with Crippen LogP contribution in [0, 0.1) is 0 Å². The predicted octanol–water partition coefficient (Wildman–Crippen LogP) is 3.26. The van der Waals surface area contributed by atoms with Crippen LogP contribution in [-0.2, 0) is 14.1 Å². The van der Waals surface area contributed by atoms with Gasteiger partial charge in [0.15, 0.2) is 13.9 Å². The van der Waals surface area contributed by atoms with E-state index in [0.29, 0.717) is 29.9 Å². The number of amides is 1. The SMILES string of the molecule is CCN(CCO)CCCC(C)N(C(=O)OCCCC=O)c1ccnc2cc(Cl)ccc12.CNC(P(O)O)P(=O)(O)O. The van der Waals surface area contributed by atoms with Crippen LogP contribution in [-0.4, -0.2) is 98.4 Å². The number of anilines is 1. The second kappa shape index (κ2) is 19.4. The topological polar surface area (TPSA) is 193 Å². The summed E-state index contributed by atoms with van der Waals surface area (Å²) in [6.07, 6.45) is 4.53. The molecule has 2 aromatic rings. The standard InChI is InChI=1S/C23H32ClN3O4.C2H9NO5P2/c1-3-26(13-15-29)12-6-7-18(2)27(23(30)31-16-5-4-14-28)22-10-11-25-21-17-19(24)8-9-20(21)22;1-3-2(9(4)5)10(6,7)8/h8-11,14,17-18,29H,3-7,12-13,15-16H2,1-2H3;2-5H,1H3,(H2,6,7,8). The number of aliphatic hydroxyl groups is 1. The largest absolute Gasteiger partial charge is 0.449 e. The molecule has 0 radical (unpaired) electrons. The van der Waals surface area contributed by atoms with E-state index in [-0.39, 0.29) is 19.3 Å². The Morgan fingerprint density at radius 1 is 1.24 bits per heavy atom. The van der Waals surface area contributed by atoms with Gasteiger partial charge in [-0.2, -0.15) is 0 Å². The van der Waals surface area contributed by atoms with Crippen molar-refractivity contribution in [3.63, 3.8) is 0 Å². The molecule has 1 heterocycles. The van der Waals surface area contributed by atoms with Gasteiger partial charge >= 0.3 is 13.7 Å². The van der Waals surface area contributed by atoms with Crippen molar-refractivity contribution in [1.29, 1.82) is 0 Å². The van der Waals surface area contributed by atoms with E-state index < -0.39 is 27.6 Å². The second-order valence-electron chi connectivity index (χ2n) is 9.01. The molecule has 0 bridgehead atoms. The maximum Gasteiger partial charge on any atom is 0.414 e. The Bertz CT molecular complexity index is 1130. The zero-order valence-corrected chi connectivity index (χ0v) is 26.0. The molecule has 1 aromatic heterocycles. The fourth-order valence-electron chi connectivity index (χ4n) is 3.95. The summed E-state index contributed by atoms with van der Waals surface area (Å²) in [4.78, 5) is 65.4. The number of fused-ring (bicyclic) bond motifs is 1. The van der Waals surface area contributed by atoms with Gasteiger partial charge in [0, 0.05) is 35.6 Å². The number of carbonyl (C=O) groups excluding carboxylic acids is 2. The fourth-order valence-corrected chi connectivity index (χ4v) is 5.76. The third kappa shape index (κ3) is 13.0. The monoisotopic (exact) mass is 638 g/mol. The van der Waals surface area contributed by atoms with E-state index >= 15 is 0 Å². The molecule has 0 aliphatic rings. The van der Waals surface area contributed by atoms with Crippen molar-refractivity contribution in [1.82, 2.24) is 15.2 Å². The minimum atomic E-state index is -4.41. The average Bonchev–Trinajstić information content (AvgIpc) is 2.90. The maximum absolute atomic E-state index is 13.0. The molecule has 41 heavy (non-hydrogen) atoms. The molecule has 2 rings (SSSR count). The van der Waals surface area contributed by atoms with E-state index in [2.05, 4.69) is 22.1 Å². The van der Waals surface area contributed by atoms with Crippen molar-refractivity contribution >= 4 is 56.5 Å². The molecule has 6 N–H and O–H groups in total. The predicted molar refractivity (Wildman–Crippen MR) is 160 cm³/mol. The summed E-state index contributed by atoms with van der Waals surface area (Å²) in [6, 6.07) is 7.10. The molecule has 0 saturated carbocycles. The smallest absolute Gasteiger partial charge is 0.414 e. The third-order valence-electron chi connectivity index (χ3n) is 6.03. The highest BCUT2D eigenvalue weighted by Gasteiger charge is 2.33. The molecule has 2 unspecified atom stereocenters. The summed E-state index contributed by atoms with van der Waals surface area (Å²) >= 11 is 6.12. The molecule has 1 aromatic carbocycles. The van der Waals surface area contributed by atoms with Gasteiger partial charge in [0.2, 0.25) is 0 Å². The molecule has 0 aliphatic carbocycles. The van der Waals surface area contributed by atoms with Crippen LogP contribution < -0.4 is 10.2 Å². The lowest BCUT2D eigenvalue weighted by Gasteiger charge is -2.30. The summed E-state index contributed by atoms with van der Waals surface area (Å²) in [5.74, 6) is 0. The van der Waals surface area contributed by atoms with Gasteiger partial charge in [-0.15, -0.1) is 0 Å². The zero-order chi connectivity index (χ0) is 31.0. The first-order valence-corrected chi connectivity index (χ1v) is 16.4. The number of nitrogens with one attached hydrogen (secondary N) is 1. The zero-order valence-electron chi connectivity index (χ0n) is 23.5. The highest BCUT2D eigenvalue weighted by molar-refractivity contribution is 7.67.